The SMILES string of the molecule is CC(=O)c1ccc(OCC(=O)Nc2ccc(SCc3cccnc3)cc2)cc1. The number of pyridine rings is 1. The lowest BCUT2D eigenvalue weighted by Gasteiger charge is -2.08. The Balaban J connectivity index is 1.45. The van der Waals surface area contributed by atoms with E-state index in [4.69, 9.17) is 4.74 Å². The summed E-state index contributed by atoms with van der Waals surface area (Å²) in [7, 11) is 0. The third kappa shape index (κ3) is 5.96. The molecule has 1 heterocycles. The number of carbonyl (C=O) groups is 2. The zero-order valence-electron chi connectivity index (χ0n) is 15.4. The highest BCUT2D eigenvalue weighted by Crippen LogP contribution is 2.24. The number of ether oxygens (including phenoxy) is 1. The molecule has 0 aliphatic heterocycles. The molecular weight excluding hydrogens is 372 g/mol. The molecule has 0 fully saturated rings. The highest BCUT2D eigenvalue weighted by molar-refractivity contribution is 7.98. The second-order valence-corrected chi connectivity index (χ2v) is 7.14. The standard InChI is InChI=1S/C22H20N2O3S/c1-16(25)18-4-8-20(9-5-18)27-14-22(26)24-19-6-10-21(11-7-19)28-15-17-3-2-12-23-13-17/h2-13H,14-15H2,1H3,(H,24,26). The number of hydrogen-bond donors (Lipinski definition) is 1. The lowest BCUT2D eigenvalue weighted by atomic mass is 10.1. The number of Topliss-reactive ketones (excluding diaryl/α,β-unsaturated/α-hetero) is 1. The van der Waals surface area contributed by atoms with Crippen molar-refractivity contribution in [3.8, 4) is 5.75 Å². The summed E-state index contributed by atoms with van der Waals surface area (Å²) in [5.74, 6) is 1.13. The van der Waals surface area contributed by atoms with Gasteiger partial charge in [-0.15, -0.1) is 11.8 Å². The monoisotopic (exact) mass is 392 g/mol. The van der Waals surface area contributed by atoms with E-state index in [2.05, 4.69) is 10.3 Å². The number of thioether (sulfide) groups is 1. The molecule has 1 N–H and O–H groups in total. The van der Waals surface area contributed by atoms with Gasteiger partial charge in [-0.2, -0.15) is 0 Å². The van der Waals surface area contributed by atoms with E-state index in [-0.39, 0.29) is 18.3 Å². The molecule has 5 nitrogen and oxygen atoms in total. The Morgan fingerprint density at radius 2 is 1.79 bits per heavy atom. The van der Waals surface area contributed by atoms with Gasteiger partial charge in [0.2, 0.25) is 0 Å². The van der Waals surface area contributed by atoms with Crippen molar-refractivity contribution in [3.63, 3.8) is 0 Å². The van der Waals surface area contributed by atoms with Crippen LogP contribution in [0.5, 0.6) is 5.75 Å². The molecule has 3 aromatic rings. The number of rotatable bonds is 8. The number of carbonyl (C=O) groups excluding carboxylic acids is 2. The Morgan fingerprint density at radius 3 is 2.43 bits per heavy atom. The Hall–Kier alpha value is -3.12. The van der Waals surface area contributed by atoms with Crippen molar-refractivity contribution in [1.82, 2.24) is 4.98 Å². The number of nitrogens with zero attached hydrogens (tertiary/aromatic N) is 1. The maximum absolute atomic E-state index is 12.1. The van der Waals surface area contributed by atoms with Gasteiger partial charge in [-0.25, -0.2) is 0 Å². The van der Waals surface area contributed by atoms with Crippen LogP contribution in [0, 0.1) is 0 Å². The molecular formula is C22H20N2O3S. The highest BCUT2D eigenvalue weighted by atomic mass is 32.2. The number of benzene rings is 2. The van der Waals surface area contributed by atoms with E-state index in [9.17, 15) is 9.59 Å². The summed E-state index contributed by atoms with van der Waals surface area (Å²) >= 11 is 1.71. The number of ketones is 1. The van der Waals surface area contributed by atoms with Crippen molar-refractivity contribution in [3.05, 3.63) is 84.2 Å². The Kier molecular flexibility index (Phi) is 6.81. The van der Waals surface area contributed by atoms with Gasteiger partial charge in [-0.05, 0) is 67.1 Å². The molecule has 0 radical (unpaired) electrons. The molecule has 0 spiro atoms. The third-order valence-electron chi connectivity index (χ3n) is 3.90. The van der Waals surface area contributed by atoms with Crippen LogP contribution < -0.4 is 10.1 Å². The summed E-state index contributed by atoms with van der Waals surface area (Å²) in [5.41, 5.74) is 2.49. The topological polar surface area (TPSA) is 68.3 Å². The molecule has 6 heteroatoms. The van der Waals surface area contributed by atoms with Gasteiger partial charge in [0.1, 0.15) is 5.75 Å². The van der Waals surface area contributed by atoms with Gasteiger partial charge in [0.25, 0.3) is 5.91 Å². The first-order valence-electron chi connectivity index (χ1n) is 8.75. The first-order chi connectivity index (χ1) is 13.6. The van der Waals surface area contributed by atoms with Gasteiger partial charge in [0.05, 0.1) is 0 Å². The van der Waals surface area contributed by atoms with Crippen LogP contribution in [-0.4, -0.2) is 23.3 Å². The molecule has 28 heavy (non-hydrogen) atoms. The van der Waals surface area contributed by atoms with E-state index in [1.807, 2.05) is 42.6 Å². The minimum absolute atomic E-state index is 0.00802. The van der Waals surface area contributed by atoms with Crippen LogP contribution in [0.25, 0.3) is 0 Å². The molecule has 0 atom stereocenters. The fraction of sp³-hybridized carbons (Fsp3) is 0.136. The molecule has 0 saturated carbocycles. The number of aromatic nitrogens is 1. The lowest BCUT2D eigenvalue weighted by Crippen LogP contribution is -2.20. The average Bonchev–Trinajstić information content (AvgIpc) is 2.73. The molecule has 142 valence electrons. The number of nitrogens with one attached hydrogen (secondary N) is 1. The molecule has 1 amide bonds. The highest BCUT2D eigenvalue weighted by Gasteiger charge is 2.05. The minimum atomic E-state index is -0.244. The van der Waals surface area contributed by atoms with Crippen molar-refractivity contribution >= 4 is 29.1 Å². The summed E-state index contributed by atoms with van der Waals surface area (Å²) in [6, 6.07) is 18.4. The van der Waals surface area contributed by atoms with Crippen LogP contribution in [0.3, 0.4) is 0 Å². The van der Waals surface area contributed by atoms with Crippen LogP contribution in [0.2, 0.25) is 0 Å². The Morgan fingerprint density at radius 1 is 1.04 bits per heavy atom. The molecule has 0 saturated heterocycles. The van der Waals surface area contributed by atoms with Crippen LogP contribution in [0.1, 0.15) is 22.8 Å². The smallest absolute Gasteiger partial charge is 0.262 e. The fourth-order valence-electron chi connectivity index (χ4n) is 2.42. The second kappa shape index (κ2) is 9.71. The molecule has 0 aliphatic rings. The van der Waals surface area contributed by atoms with Gasteiger partial charge in [-0.1, -0.05) is 6.07 Å². The van der Waals surface area contributed by atoms with Crippen molar-refractivity contribution < 1.29 is 14.3 Å². The quantitative estimate of drug-likeness (QED) is 0.448. The fourth-order valence-corrected chi connectivity index (χ4v) is 3.25. The lowest BCUT2D eigenvalue weighted by molar-refractivity contribution is -0.118. The third-order valence-corrected chi connectivity index (χ3v) is 4.98. The molecule has 0 aliphatic carbocycles. The first kappa shape index (κ1) is 19.6. The van der Waals surface area contributed by atoms with Crippen LogP contribution in [0.4, 0.5) is 5.69 Å². The van der Waals surface area contributed by atoms with E-state index in [1.54, 1.807) is 42.2 Å². The average molecular weight is 392 g/mol. The normalized spacial score (nSPS) is 10.3. The van der Waals surface area contributed by atoms with Crippen molar-refractivity contribution in [2.75, 3.05) is 11.9 Å². The summed E-state index contributed by atoms with van der Waals surface area (Å²) in [4.78, 5) is 28.5. The Labute approximate surface area is 168 Å². The molecule has 0 bridgehead atoms. The maximum atomic E-state index is 12.1. The van der Waals surface area contributed by atoms with Crippen LogP contribution >= 0.6 is 11.8 Å². The summed E-state index contributed by atoms with van der Waals surface area (Å²) in [6.45, 7) is 1.41. The predicted octanol–water partition coefficient (Wildman–Crippen LogP) is 4.59. The Bertz CT molecular complexity index is 926. The zero-order valence-corrected chi connectivity index (χ0v) is 16.2. The number of amides is 1. The summed E-state index contributed by atoms with van der Waals surface area (Å²) in [6.07, 6.45) is 3.62. The van der Waals surface area contributed by atoms with E-state index >= 15 is 0 Å². The molecule has 1 aromatic heterocycles. The van der Waals surface area contributed by atoms with Gasteiger partial charge in [0.15, 0.2) is 12.4 Å². The van der Waals surface area contributed by atoms with E-state index in [0.29, 0.717) is 17.0 Å². The summed E-state index contributed by atoms with van der Waals surface area (Å²) in [5, 5.41) is 2.81. The predicted molar refractivity (Wildman–Crippen MR) is 111 cm³/mol. The van der Waals surface area contributed by atoms with Gasteiger partial charge in [0, 0.05) is 34.3 Å². The molecule has 3 rings (SSSR count). The zero-order chi connectivity index (χ0) is 19.8. The largest absolute Gasteiger partial charge is 0.484 e. The summed E-state index contributed by atoms with van der Waals surface area (Å²) < 4.78 is 5.45. The van der Waals surface area contributed by atoms with E-state index in [1.165, 1.54) is 12.5 Å². The maximum Gasteiger partial charge on any atom is 0.262 e. The first-order valence-corrected chi connectivity index (χ1v) is 9.74. The van der Waals surface area contributed by atoms with Crippen molar-refractivity contribution in [2.45, 2.75) is 17.6 Å². The van der Waals surface area contributed by atoms with Crippen LogP contribution in [0.15, 0.2) is 78.0 Å². The van der Waals surface area contributed by atoms with Gasteiger partial charge >= 0.3 is 0 Å². The van der Waals surface area contributed by atoms with Crippen LogP contribution in [-0.2, 0) is 10.5 Å². The second-order valence-electron chi connectivity index (χ2n) is 6.09. The van der Waals surface area contributed by atoms with Crippen molar-refractivity contribution in [1.29, 1.82) is 0 Å². The van der Waals surface area contributed by atoms with Gasteiger partial charge in [-0.3, -0.25) is 14.6 Å². The molecule has 2 aromatic carbocycles. The number of anilines is 1. The van der Waals surface area contributed by atoms with Crippen molar-refractivity contribution in [2.24, 2.45) is 0 Å². The van der Waals surface area contributed by atoms with Gasteiger partial charge < -0.3 is 10.1 Å². The number of hydrogen-bond acceptors (Lipinski definition) is 5. The molecule has 0 unspecified atom stereocenters. The van der Waals surface area contributed by atoms with E-state index in [0.717, 1.165) is 10.6 Å². The minimum Gasteiger partial charge on any atom is -0.484 e. The van der Waals surface area contributed by atoms with E-state index < -0.39 is 0 Å².